The molecule has 0 saturated heterocycles. The SMILES string of the molecule is CC1(C)Cc2ccccc2C(Nc2ccc(F)c(F)c2)=N1. The van der Waals surface area contributed by atoms with Crippen LogP contribution < -0.4 is 5.32 Å². The molecule has 1 aliphatic heterocycles. The molecule has 0 amide bonds. The van der Waals surface area contributed by atoms with Gasteiger partial charge in [0, 0.05) is 17.3 Å². The van der Waals surface area contributed by atoms with Gasteiger partial charge in [-0.1, -0.05) is 24.3 Å². The quantitative estimate of drug-likeness (QED) is 0.836. The molecule has 21 heavy (non-hydrogen) atoms. The third-order valence-corrected chi connectivity index (χ3v) is 3.49. The Hall–Kier alpha value is -2.23. The van der Waals surface area contributed by atoms with E-state index < -0.39 is 11.6 Å². The second kappa shape index (κ2) is 4.95. The van der Waals surface area contributed by atoms with Gasteiger partial charge in [-0.3, -0.25) is 4.99 Å². The number of amidine groups is 1. The molecule has 3 rings (SSSR count). The van der Waals surface area contributed by atoms with E-state index in [1.165, 1.54) is 11.6 Å². The molecule has 0 atom stereocenters. The van der Waals surface area contributed by atoms with Gasteiger partial charge in [0.05, 0.1) is 5.54 Å². The van der Waals surface area contributed by atoms with E-state index in [2.05, 4.69) is 25.2 Å². The summed E-state index contributed by atoms with van der Waals surface area (Å²) in [4.78, 5) is 4.69. The van der Waals surface area contributed by atoms with E-state index in [0.29, 0.717) is 11.5 Å². The summed E-state index contributed by atoms with van der Waals surface area (Å²) in [5, 5.41) is 3.10. The summed E-state index contributed by atoms with van der Waals surface area (Å²) < 4.78 is 26.3. The van der Waals surface area contributed by atoms with E-state index >= 15 is 0 Å². The maximum Gasteiger partial charge on any atom is 0.160 e. The summed E-state index contributed by atoms with van der Waals surface area (Å²) in [5.74, 6) is -1.04. The molecule has 0 saturated carbocycles. The fourth-order valence-corrected chi connectivity index (χ4v) is 2.58. The Morgan fingerprint density at radius 2 is 1.81 bits per heavy atom. The zero-order valence-electron chi connectivity index (χ0n) is 12.0. The van der Waals surface area contributed by atoms with E-state index in [1.54, 1.807) is 0 Å². The van der Waals surface area contributed by atoms with Crippen molar-refractivity contribution in [1.82, 2.24) is 0 Å². The van der Waals surface area contributed by atoms with Crippen LogP contribution in [0.4, 0.5) is 14.5 Å². The highest BCUT2D eigenvalue weighted by molar-refractivity contribution is 6.10. The lowest BCUT2D eigenvalue weighted by Crippen LogP contribution is -2.32. The standard InChI is InChI=1S/C17H16F2N2/c1-17(2)10-11-5-3-4-6-13(11)16(21-17)20-12-7-8-14(18)15(19)9-12/h3-9H,10H2,1-2H3,(H,20,21). The van der Waals surface area contributed by atoms with E-state index in [4.69, 9.17) is 4.99 Å². The molecule has 0 radical (unpaired) electrons. The minimum Gasteiger partial charge on any atom is -0.340 e. The zero-order valence-corrected chi connectivity index (χ0v) is 12.0. The Morgan fingerprint density at radius 3 is 2.57 bits per heavy atom. The number of anilines is 1. The van der Waals surface area contributed by atoms with Crippen molar-refractivity contribution in [2.45, 2.75) is 25.8 Å². The van der Waals surface area contributed by atoms with Crippen LogP contribution in [0.3, 0.4) is 0 Å². The van der Waals surface area contributed by atoms with Crippen LogP contribution in [-0.2, 0) is 6.42 Å². The predicted octanol–water partition coefficient (Wildman–Crippen LogP) is 4.16. The summed E-state index contributed by atoms with van der Waals surface area (Å²) in [6.45, 7) is 4.10. The Bertz CT molecular complexity index is 720. The number of nitrogens with one attached hydrogen (secondary N) is 1. The highest BCUT2D eigenvalue weighted by Gasteiger charge is 2.26. The lowest BCUT2D eigenvalue weighted by Gasteiger charge is -2.29. The first-order valence-corrected chi connectivity index (χ1v) is 6.85. The van der Waals surface area contributed by atoms with Crippen molar-refractivity contribution in [3.8, 4) is 0 Å². The Labute approximate surface area is 122 Å². The van der Waals surface area contributed by atoms with Gasteiger partial charge in [0.25, 0.3) is 0 Å². The van der Waals surface area contributed by atoms with Gasteiger partial charge in [-0.25, -0.2) is 8.78 Å². The van der Waals surface area contributed by atoms with Gasteiger partial charge in [-0.15, -0.1) is 0 Å². The first kappa shape index (κ1) is 13.7. The summed E-state index contributed by atoms with van der Waals surface area (Å²) in [7, 11) is 0. The molecule has 0 unspecified atom stereocenters. The summed E-state index contributed by atoms with van der Waals surface area (Å²) in [5.41, 5.74) is 2.46. The van der Waals surface area contributed by atoms with Crippen molar-refractivity contribution in [1.29, 1.82) is 0 Å². The first-order valence-electron chi connectivity index (χ1n) is 6.85. The maximum absolute atomic E-state index is 13.3. The van der Waals surface area contributed by atoms with Gasteiger partial charge in [0.15, 0.2) is 11.6 Å². The van der Waals surface area contributed by atoms with Gasteiger partial charge in [0.1, 0.15) is 5.84 Å². The van der Waals surface area contributed by atoms with Crippen LogP contribution in [0.15, 0.2) is 47.5 Å². The van der Waals surface area contributed by atoms with Crippen molar-refractivity contribution < 1.29 is 8.78 Å². The molecule has 0 fully saturated rings. The molecular weight excluding hydrogens is 270 g/mol. The second-order valence-corrected chi connectivity index (χ2v) is 5.86. The number of benzene rings is 2. The summed E-state index contributed by atoms with van der Waals surface area (Å²) in [6, 6.07) is 11.7. The summed E-state index contributed by atoms with van der Waals surface area (Å²) in [6.07, 6.45) is 0.853. The van der Waals surface area contributed by atoms with E-state index in [9.17, 15) is 8.78 Å². The largest absolute Gasteiger partial charge is 0.340 e. The van der Waals surface area contributed by atoms with Crippen LogP contribution in [-0.4, -0.2) is 11.4 Å². The third-order valence-electron chi connectivity index (χ3n) is 3.49. The molecule has 1 heterocycles. The lowest BCUT2D eigenvalue weighted by molar-refractivity contribution is 0.509. The van der Waals surface area contributed by atoms with Crippen LogP contribution >= 0.6 is 0 Å². The van der Waals surface area contributed by atoms with Crippen LogP contribution in [0.5, 0.6) is 0 Å². The molecule has 2 aromatic rings. The number of fused-ring (bicyclic) bond motifs is 1. The van der Waals surface area contributed by atoms with Gasteiger partial charge >= 0.3 is 0 Å². The number of hydrogen-bond donors (Lipinski definition) is 1. The molecule has 2 aromatic carbocycles. The Morgan fingerprint density at radius 1 is 1.05 bits per heavy atom. The normalized spacial score (nSPS) is 16.1. The molecule has 4 heteroatoms. The minimum absolute atomic E-state index is 0.227. The smallest absolute Gasteiger partial charge is 0.160 e. The van der Waals surface area contributed by atoms with Crippen LogP contribution in [0.2, 0.25) is 0 Å². The Kier molecular flexibility index (Phi) is 3.24. The van der Waals surface area contributed by atoms with E-state index in [-0.39, 0.29) is 5.54 Å². The van der Waals surface area contributed by atoms with Crippen molar-refractivity contribution in [3.63, 3.8) is 0 Å². The third kappa shape index (κ3) is 2.79. The van der Waals surface area contributed by atoms with Crippen LogP contribution in [0.25, 0.3) is 0 Å². The van der Waals surface area contributed by atoms with Crippen molar-refractivity contribution >= 4 is 11.5 Å². The van der Waals surface area contributed by atoms with E-state index in [0.717, 1.165) is 24.1 Å². The molecule has 1 N–H and O–H groups in total. The molecular formula is C17H16F2N2. The van der Waals surface area contributed by atoms with Crippen molar-refractivity contribution in [2.24, 2.45) is 4.99 Å². The van der Waals surface area contributed by atoms with E-state index in [1.807, 2.05) is 18.2 Å². The molecule has 0 spiro atoms. The van der Waals surface area contributed by atoms with Gasteiger partial charge in [-0.05, 0) is 38.0 Å². The molecule has 0 bridgehead atoms. The number of rotatable bonds is 1. The minimum atomic E-state index is -0.871. The van der Waals surface area contributed by atoms with Gasteiger partial charge in [-0.2, -0.15) is 0 Å². The molecule has 0 aromatic heterocycles. The molecule has 0 aliphatic carbocycles. The van der Waals surface area contributed by atoms with Gasteiger partial charge in [0.2, 0.25) is 0 Å². The van der Waals surface area contributed by atoms with Crippen LogP contribution in [0.1, 0.15) is 25.0 Å². The molecule has 108 valence electrons. The number of hydrogen-bond acceptors (Lipinski definition) is 2. The average Bonchev–Trinajstić information content (AvgIpc) is 2.42. The average molecular weight is 286 g/mol. The first-order chi connectivity index (χ1) is 9.94. The fraction of sp³-hybridized carbons (Fsp3) is 0.235. The van der Waals surface area contributed by atoms with Crippen molar-refractivity contribution in [2.75, 3.05) is 5.32 Å². The highest BCUT2D eigenvalue weighted by Crippen LogP contribution is 2.27. The lowest BCUT2D eigenvalue weighted by atomic mass is 9.89. The summed E-state index contributed by atoms with van der Waals surface area (Å²) >= 11 is 0. The predicted molar refractivity (Wildman–Crippen MR) is 80.7 cm³/mol. The zero-order chi connectivity index (χ0) is 15.0. The number of aliphatic imine (C=N–C) groups is 1. The molecule has 2 nitrogen and oxygen atoms in total. The Balaban J connectivity index is 1.99. The van der Waals surface area contributed by atoms with Gasteiger partial charge < -0.3 is 5.32 Å². The fourth-order valence-electron chi connectivity index (χ4n) is 2.58. The van der Waals surface area contributed by atoms with Crippen LogP contribution in [0, 0.1) is 11.6 Å². The number of halogens is 2. The topological polar surface area (TPSA) is 24.4 Å². The highest BCUT2D eigenvalue weighted by atomic mass is 19.2. The monoisotopic (exact) mass is 286 g/mol. The second-order valence-electron chi connectivity index (χ2n) is 5.86. The molecule has 1 aliphatic rings. The maximum atomic E-state index is 13.3. The number of nitrogens with zero attached hydrogens (tertiary/aromatic N) is 1. The van der Waals surface area contributed by atoms with Crippen molar-refractivity contribution in [3.05, 3.63) is 65.2 Å².